The minimum atomic E-state index is 0.328. The van der Waals surface area contributed by atoms with Crippen molar-refractivity contribution in [3.8, 4) is 11.8 Å². The lowest BCUT2D eigenvalue weighted by Crippen LogP contribution is -1.87. The summed E-state index contributed by atoms with van der Waals surface area (Å²) in [4.78, 5) is 2.78. The van der Waals surface area contributed by atoms with Crippen molar-refractivity contribution in [2.45, 2.75) is 13.5 Å². The molecule has 3 nitrogen and oxygen atoms in total. The summed E-state index contributed by atoms with van der Waals surface area (Å²) in [5, 5.41) is 3.59. The molecular weight excluding hydrogens is 234 g/mol. The molecule has 0 heterocycles. The van der Waals surface area contributed by atoms with Gasteiger partial charge in [-0.1, -0.05) is 53.4 Å². The van der Waals surface area contributed by atoms with Gasteiger partial charge in [0.05, 0.1) is 6.54 Å². The molecule has 0 saturated carbocycles. The van der Waals surface area contributed by atoms with Crippen LogP contribution in [0.25, 0.3) is 10.4 Å². The van der Waals surface area contributed by atoms with Crippen LogP contribution in [0, 0.1) is 18.8 Å². The molecule has 0 atom stereocenters. The molecule has 92 valence electrons. The van der Waals surface area contributed by atoms with Crippen LogP contribution < -0.4 is 0 Å². The first-order chi connectivity index (χ1) is 9.31. The van der Waals surface area contributed by atoms with Crippen molar-refractivity contribution >= 4 is 0 Å². The largest absolute Gasteiger partial charge is 0.0892 e. The Hall–Kier alpha value is -2.69. The molecule has 0 N–H and O–H groups in total. The predicted octanol–water partition coefficient (Wildman–Crippen LogP) is 4.21. The second-order valence-corrected chi connectivity index (χ2v) is 4.11. The molecule has 0 aromatic heterocycles. The lowest BCUT2D eigenvalue weighted by atomic mass is 10.1. The zero-order chi connectivity index (χ0) is 13.5. The van der Waals surface area contributed by atoms with E-state index in [-0.39, 0.29) is 0 Å². The molecule has 2 aromatic rings. The third-order valence-electron chi connectivity index (χ3n) is 2.80. The second-order valence-electron chi connectivity index (χ2n) is 4.11. The molecule has 0 aliphatic carbocycles. The van der Waals surface area contributed by atoms with Crippen LogP contribution in [-0.4, -0.2) is 0 Å². The normalized spacial score (nSPS) is 9.11. The summed E-state index contributed by atoms with van der Waals surface area (Å²) >= 11 is 0. The van der Waals surface area contributed by atoms with E-state index in [1.54, 1.807) is 0 Å². The Bertz CT molecular complexity index is 686. The van der Waals surface area contributed by atoms with Crippen molar-refractivity contribution in [2.24, 2.45) is 5.11 Å². The van der Waals surface area contributed by atoms with Crippen LogP contribution in [-0.2, 0) is 6.54 Å². The second kappa shape index (κ2) is 6.30. The quantitative estimate of drug-likeness (QED) is 0.330. The van der Waals surface area contributed by atoms with Crippen LogP contribution in [0.2, 0.25) is 0 Å². The van der Waals surface area contributed by atoms with E-state index in [1.165, 1.54) is 0 Å². The van der Waals surface area contributed by atoms with E-state index in [0.717, 1.165) is 22.3 Å². The molecule has 3 heteroatoms. The first-order valence-electron chi connectivity index (χ1n) is 5.97. The molecule has 0 fully saturated rings. The maximum Gasteiger partial charge on any atom is 0.0523 e. The van der Waals surface area contributed by atoms with E-state index in [9.17, 15) is 0 Å². The van der Waals surface area contributed by atoms with Crippen LogP contribution >= 0.6 is 0 Å². The van der Waals surface area contributed by atoms with Gasteiger partial charge in [0.15, 0.2) is 0 Å². The fourth-order valence-electron chi connectivity index (χ4n) is 1.74. The fourth-order valence-corrected chi connectivity index (χ4v) is 1.74. The highest BCUT2D eigenvalue weighted by Crippen LogP contribution is 2.10. The van der Waals surface area contributed by atoms with Crippen LogP contribution in [0.4, 0.5) is 0 Å². The van der Waals surface area contributed by atoms with Crippen LogP contribution in [0.5, 0.6) is 0 Å². The Morgan fingerprint density at radius 3 is 2.37 bits per heavy atom. The van der Waals surface area contributed by atoms with Crippen molar-refractivity contribution in [1.29, 1.82) is 0 Å². The lowest BCUT2D eigenvalue weighted by molar-refractivity contribution is 1.04. The highest BCUT2D eigenvalue weighted by molar-refractivity contribution is 5.48. The Balaban J connectivity index is 2.34. The summed E-state index contributed by atoms with van der Waals surface area (Å²) in [6.45, 7) is 2.37. The summed E-state index contributed by atoms with van der Waals surface area (Å²) < 4.78 is 0. The number of rotatable bonds is 2. The maximum atomic E-state index is 8.39. The van der Waals surface area contributed by atoms with E-state index >= 15 is 0 Å². The monoisotopic (exact) mass is 247 g/mol. The number of hydrogen-bond donors (Lipinski definition) is 0. The topological polar surface area (TPSA) is 48.8 Å². The number of aryl methyl sites for hydroxylation is 1. The van der Waals surface area contributed by atoms with Gasteiger partial charge < -0.3 is 0 Å². The Morgan fingerprint density at radius 2 is 1.63 bits per heavy atom. The molecule has 19 heavy (non-hydrogen) atoms. The maximum absolute atomic E-state index is 8.39. The highest BCUT2D eigenvalue weighted by Gasteiger charge is 1.97. The number of benzene rings is 2. The number of nitrogens with zero attached hydrogens (tertiary/aromatic N) is 3. The van der Waals surface area contributed by atoms with Gasteiger partial charge in [0.2, 0.25) is 0 Å². The minimum absolute atomic E-state index is 0.328. The molecule has 0 saturated heterocycles. The van der Waals surface area contributed by atoms with Gasteiger partial charge in [-0.25, -0.2) is 0 Å². The predicted molar refractivity (Wildman–Crippen MR) is 76.5 cm³/mol. The summed E-state index contributed by atoms with van der Waals surface area (Å²) in [5.74, 6) is 6.31. The van der Waals surface area contributed by atoms with Gasteiger partial charge in [-0.3, -0.25) is 0 Å². The molecule has 0 spiro atoms. The minimum Gasteiger partial charge on any atom is -0.0892 e. The van der Waals surface area contributed by atoms with E-state index in [0.29, 0.717) is 6.54 Å². The average Bonchev–Trinajstić information content (AvgIpc) is 2.45. The van der Waals surface area contributed by atoms with Gasteiger partial charge in [0, 0.05) is 16.0 Å². The summed E-state index contributed by atoms with van der Waals surface area (Å²) in [5.41, 5.74) is 12.4. The van der Waals surface area contributed by atoms with Crippen LogP contribution in [0.3, 0.4) is 0 Å². The summed E-state index contributed by atoms with van der Waals surface area (Å²) in [7, 11) is 0. The van der Waals surface area contributed by atoms with Crippen molar-refractivity contribution in [1.82, 2.24) is 0 Å². The van der Waals surface area contributed by atoms with E-state index < -0.39 is 0 Å². The molecule has 0 bridgehead atoms. The van der Waals surface area contributed by atoms with E-state index in [2.05, 4.69) is 21.9 Å². The van der Waals surface area contributed by atoms with Gasteiger partial charge >= 0.3 is 0 Å². The number of hydrogen-bond acceptors (Lipinski definition) is 1. The first-order valence-corrected chi connectivity index (χ1v) is 5.97. The smallest absolute Gasteiger partial charge is 0.0523 e. The fraction of sp³-hybridized carbons (Fsp3) is 0.125. The van der Waals surface area contributed by atoms with Crippen molar-refractivity contribution in [3.05, 3.63) is 81.2 Å². The Labute approximate surface area is 112 Å². The molecule has 2 aromatic carbocycles. The van der Waals surface area contributed by atoms with Gasteiger partial charge in [-0.05, 0) is 35.7 Å². The van der Waals surface area contributed by atoms with Crippen molar-refractivity contribution in [2.75, 3.05) is 0 Å². The molecular formula is C16H13N3. The highest BCUT2D eigenvalue weighted by atomic mass is 15.1. The van der Waals surface area contributed by atoms with Gasteiger partial charge in [0.1, 0.15) is 0 Å². The molecule has 2 rings (SSSR count). The standard InChI is InChI=1S/C16H13N3/c1-13-6-2-3-7-14(13)10-11-15-8-4-5-9-16(15)12-18-19-17/h2-9H,12H2,1H3. The third-order valence-corrected chi connectivity index (χ3v) is 2.80. The number of azide groups is 1. The first kappa shape index (κ1) is 12.8. The van der Waals surface area contributed by atoms with Crippen molar-refractivity contribution < 1.29 is 0 Å². The summed E-state index contributed by atoms with van der Waals surface area (Å²) in [6, 6.07) is 15.7. The molecule has 0 aliphatic heterocycles. The SMILES string of the molecule is Cc1ccccc1C#Cc1ccccc1CN=[N+]=[N-]. The Morgan fingerprint density at radius 1 is 1.00 bits per heavy atom. The van der Waals surface area contributed by atoms with Crippen molar-refractivity contribution in [3.63, 3.8) is 0 Å². The zero-order valence-electron chi connectivity index (χ0n) is 10.7. The Kier molecular flexibility index (Phi) is 4.23. The lowest BCUT2D eigenvalue weighted by Gasteiger charge is -2.00. The van der Waals surface area contributed by atoms with Gasteiger partial charge in [-0.15, -0.1) is 0 Å². The molecule has 0 amide bonds. The van der Waals surface area contributed by atoms with Crippen LogP contribution in [0.1, 0.15) is 22.3 Å². The zero-order valence-corrected chi connectivity index (χ0v) is 10.7. The summed E-state index contributed by atoms with van der Waals surface area (Å²) in [6.07, 6.45) is 0. The molecule has 0 aliphatic rings. The van der Waals surface area contributed by atoms with Gasteiger partial charge in [0.25, 0.3) is 0 Å². The third kappa shape index (κ3) is 3.38. The average molecular weight is 247 g/mol. The van der Waals surface area contributed by atoms with Gasteiger partial charge in [-0.2, -0.15) is 0 Å². The molecule has 0 radical (unpaired) electrons. The van der Waals surface area contributed by atoms with E-state index in [1.807, 2.05) is 55.5 Å². The molecule has 0 unspecified atom stereocenters. The van der Waals surface area contributed by atoms with E-state index in [4.69, 9.17) is 5.53 Å². The van der Waals surface area contributed by atoms with Crippen LogP contribution in [0.15, 0.2) is 53.6 Å².